The molecule has 0 radical (unpaired) electrons. The Morgan fingerprint density at radius 3 is 2.42 bits per heavy atom. The molecular formula is C23H31N3O5. The molecule has 0 unspecified atom stereocenters. The Morgan fingerprint density at radius 1 is 1.19 bits per heavy atom. The molecule has 1 aliphatic heterocycles. The lowest BCUT2D eigenvalue weighted by atomic mass is 9.70. The standard InChI is InChI=1S/C23H31N3O5/c1-5-15(12-27)26-20(22(29)25-14-7-9-16(31-4)10-8-14)17-11-6-13(2)18(21(28)24-3)19(17)23(26)30/h6-11,13,15,17-20,27H,5,12H2,1-4H3,(H,24,28)(H,25,29)/t13-,15+,17+,18-,19+,20+/m1/s1. The summed E-state index contributed by atoms with van der Waals surface area (Å²) in [6.45, 7) is 3.51. The first-order valence-corrected chi connectivity index (χ1v) is 10.7. The number of aliphatic hydroxyl groups excluding tert-OH is 1. The molecule has 1 saturated heterocycles. The van der Waals surface area contributed by atoms with Crippen LogP contribution in [0.15, 0.2) is 36.4 Å². The highest BCUT2D eigenvalue weighted by Gasteiger charge is 2.57. The molecule has 1 fully saturated rings. The van der Waals surface area contributed by atoms with Crippen molar-refractivity contribution >= 4 is 23.4 Å². The predicted octanol–water partition coefficient (Wildman–Crippen LogP) is 1.42. The maximum Gasteiger partial charge on any atom is 0.247 e. The Kier molecular flexibility index (Phi) is 7.00. The van der Waals surface area contributed by atoms with E-state index in [4.69, 9.17) is 4.74 Å². The number of nitrogens with one attached hydrogen (secondary N) is 2. The second-order valence-electron chi connectivity index (χ2n) is 8.14. The number of methoxy groups -OCH3 is 1. The Hall–Kier alpha value is -2.87. The van der Waals surface area contributed by atoms with E-state index in [1.807, 2.05) is 26.0 Å². The lowest BCUT2D eigenvalue weighted by Gasteiger charge is -2.33. The van der Waals surface area contributed by atoms with Crippen LogP contribution in [0.1, 0.15) is 20.3 Å². The average molecular weight is 430 g/mol. The van der Waals surface area contributed by atoms with Gasteiger partial charge in [-0.05, 0) is 36.6 Å². The van der Waals surface area contributed by atoms with E-state index < -0.39 is 29.8 Å². The summed E-state index contributed by atoms with van der Waals surface area (Å²) < 4.78 is 5.15. The van der Waals surface area contributed by atoms with E-state index in [1.165, 1.54) is 4.90 Å². The van der Waals surface area contributed by atoms with E-state index in [2.05, 4.69) is 10.6 Å². The highest BCUT2D eigenvalue weighted by molar-refractivity contribution is 6.02. The molecule has 1 heterocycles. The first kappa shape index (κ1) is 22.8. The molecule has 2 aliphatic rings. The van der Waals surface area contributed by atoms with Crippen LogP contribution in [0.3, 0.4) is 0 Å². The molecule has 31 heavy (non-hydrogen) atoms. The number of rotatable bonds is 7. The smallest absolute Gasteiger partial charge is 0.247 e. The highest BCUT2D eigenvalue weighted by Crippen LogP contribution is 2.45. The average Bonchev–Trinajstić information content (AvgIpc) is 3.07. The second kappa shape index (κ2) is 9.51. The van der Waals surface area contributed by atoms with E-state index in [9.17, 15) is 19.5 Å². The molecule has 1 aliphatic carbocycles. The summed E-state index contributed by atoms with van der Waals surface area (Å²) in [5.74, 6) is -1.95. The Morgan fingerprint density at radius 2 is 1.87 bits per heavy atom. The first-order valence-electron chi connectivity index (χ1n) is 10.7. The number of likely N-dealkylation sites (tertiary alicyclic amines) is 1. The number of allylic oxidation sites excluding steroid dienone is 1. The summed E-state index contributed by atoms with van der Waals surface area (Å²) in [5, 5.41) is 15.5. The number of carbonyl (C=O) groups is 3. The minimum Gasteiger partial charge on any atom is -0.497 e. The molecule has 0 aromatic heterocycles. The van der Waals surface area contributed by atoms with Gasteiger partial charge in [-0.2, -0.15) is 0 Å². The lowest BCUT2D eigenvalue weighted by molar-refractivity contribution is -0.142. The molecule has 168 valence electrons. The van der Waals surface area contributed by atoms with Gasteiger partial charge in [0.1, 0.15) is 11.8 Å². The third-order valence-corrected chi connectivity index (χ3v) is 6.46. The molecular weight excluding hydrogens is 398 g/mol. The van der Waals surface area contributed by atoms with Gasteiger partial charge in [0.2, 0.25) is 17.7 Å². The lowest BCUT2D eigenvalue weighted by Crippen LogP contribution is -2.50. The number of carbonyl (C=O) groups excluding carboxylic acids is 3. The Balaban J connectivity index is 1.98. The van der Waals surface area contributed by atoms with Gasteiger partial charge in [-0.3, -0.25) is 14.4 Å². The predicted molar refractivity (Wildman–Crippen MR) is 116 cm³/mol. The van der Waals surface area contributed by atoms with Crippen molar-refractivity contribution in [1.82, 2.24) is 10.2 Å². The summed E-state index contributed by atoms with van der Waals surface area (Å²) in [6.07, 6.45) is 4.29. The first-order chi connectivity index (χ1) is 14.9. The van der Waals surface area contributed by atoms with Crippen molar-refractivity contribution in [2.45, 2.75) is 32.4 Å². The topological polar surface area (TPSA) is 108 Å². The van der Waals surface area contributed by atoms with E-state index in [-0.39, 0.29) is 30.2 Å². The minimum atomic E-state index is -0.812. The van der Waals surface area contributed by atoms with Crippen molar-refractivity contribution in [3.8, 4) is 5.75 Å². The van der Waals surface area contributed by atoms with E-state index in [0.717, 1.165) is 0 Å². The fourth-order valence-corrected chi connectivity index (χ4v) is 4.80. The fourth-order valence-electron chi connectivity index (χ4n) is 4.80. The van der Waals surface area contributed by atoms with Crippen LogP contribution in [0.4, 0.5) is 5.69 Å². The van der Waals surface area contributed by atoms with E-state index in [0.29, 0.717) is 17.9 Å². The number of hydrogen-bond donors (Lipinski definition) is 3. The molecule has 3 rings (SSSR count). The van der Waals surface area contributed by atoms with Gasteiger partial charge in [-0.15, -0.1) is 0 Å². The van der Waals surface area contributed by atoms with Gasteiger partial charge >= 0.3 is 0 Å². The summed E-state index contributed by atoms with van der Waals surface area (Å²) >= 11 is 0. The molecule has 0 saturated carbocycles. The van der Waals surface area contributed by atoms with Crippen molar-refractivity contribution in [1.29, 1.82) is 0 Å². The molecule has 3 amide bonds. The van der Waals surface area contributed by atoms with Gasteiger partial charge < -0.3 is 25.4 Å². The van der Waals surface area contributed by atoms with E-state index >= 15 is 0 Å². The van der Waals surface area contributed by atoms with Gasteiger partial charge in [0.05, 0.1) is 31.6 Å². The van der Waals surface area contributed by atoms with Gasteiger partial charge in [-0.25, -0.2) is 0 Å². The van der Waals surface area contributed by atoms with Crippen LogP contribution in [0.5, 0.6) is 5.75 Å². The van der Waals surface area contributed by atoms with Gasteiger partial charge in [0.25, 0.3) is 0 Å². The van der Waals surface area contributed by atoms with E-state index in [1.54, 1.807) is 38.4 Å². The number of ether oxygens (including phenoxy) is 1. The van der Waals surface area contributed by atoms with Crippen molar-refractivity contribution in [2.75, 3.05) is 26.1 Å². The molecule has 0 spiro atoms. The van der Waals surface area contributed by atoms with Crippen LogP contribution in [-0.4, -0.2) is 60.6 Å². The SMILES string of the molecule is CC[C@@H](CO)N1C(=O)[C@H]2[C@H](C=C[C@@H](C)[C@H]2C(=O)NC)[C@H]1C(=O)Nc1ccc(OC)cc1. The number of amides is 3. The van der Waals surface area contributed by atoms with Gasteiger partial charge in [0.15, 0.2) is 0 Å². The number of aliphatic hydroxyl groups is 1. The monoisotopic (exact) mass is 429 g/mol. The third kappa shape index (κ3) is 4.17. The van der Waals surface area contributed by atoms with Crippen molar-refractivity contribution in [2.24, 2.45) is 23.7 Å². The van der Waals surface area contributed by atoms with Crippen molar-refractivity contribution < 1.29 is 24.2 Å². The molecule has 3 N–H and O–H groups in total. The molecule has 1 aromatic rings. The summed E-state index contributed by atoms with van der Waals surface area (Å²) in [5.41, 5.74) is 0.578. The van der Waals surface area contributed by atoms with Crippen LogP contribution in [0, 0.1) is 23.7 Å². The third-order valence-electron chi connectivity index (χ3n) is 6.46. The number of hydrogen-bond acceptors (Lipinski definition) is 5. The minimum absolute atomic E-state index is 0.135. The Bertz CT molecular complexity index is 849. The molecule has 8 heteroatoms. The largest absolute Gasteiger partial charge is 0.497 e. The van der Waals surface area contributed by atoms with Crippen LogP contribution >= 0.6 is 0 Å². The quantitative estimate of drug-likeness (QED) is 0.568. The molecule has 1 aromatic carbocycles. The normalized spacial score (nSPS) is 28.1. The highest BCUT2D eigenvalue weighted by atomic mass is 16.5. The number of benzene rings is 1. The zero-order chi connectivity index (χ0) is 22.7. The molecule has 6 atom stereocenters. The van der Waals surface area contributed by atoms with Crippen LogP contribution in [0.2, 0.25) is 0 Å². The van der Waals surface area contributed by atoms with Gasteiger partial charge in [0, 0.05) is 18.7 Å². The zero-order valence-electron chi connectivity index (χ0n) is 18.4. The second-order valence-corrected chi connectivity index (χ2v) is 8.14. The van der Waals surface area contributed by atoms with Crippen molar-refractivity contribution in [3.63, 3.8) is 0 Å². The van der Waals surface area contributed by atoms with Crippen LogP contribution < -0.4 is 15.4 Å². The maximum absolute atomic E-state index is 13.5. The number of anilines is 1. The Labute approximate surface area is 182 Å². The maximum atomic E-state index is 13.5. The molecule has 0 bridgehead atoms. The van der Waals surface area contributed by atoms with Crippen LogP contribution in [0.25, 0.3) is 0 Å². The van der Waals surface area contributed by atoms with Crippen molar-refractivity contribution in [3.05, 3.63) is 36.4 Å². The summed E-state index contributed by atoms with van der Waals surface area (Å²) in [6, 6.07) is 5.62. The molecule has 8 nitrogen and oxygen atoms in total. The van der Waals surface area contributed by atoms with Gasteiger partial charge in [-0.1, -0.05) is 26.0 Å². The number of fused-ring (bicyclic) bond motifs is 1. The van der Waals surface area contributed by atoms with Crippen LogP contribution in [-0.2, 0) is 14.4 Å². The summed E-state index contributed by atoms with van der Waals surface area (Å²) in [7, 11) is 3.12. The zero-order valence-corrected chi connectivity index (χ0v) is 18.4. The summed E-state index contributed by atoms with van der Waals surface area (Å²) in [4.78, 5) is 41.0. The number of nitrogens with zero attached hydrogens (tertiary/aromatic N) is 1. The fraction of sp³-hybridized carbons (Fsp3) is 0.522.